The van der Waals surface area contributed by atoms with Gasteiger partial charge in [-0.15, -0.1) is 0 Å². The highest BCUT2D eigenvalue weighted by atomic mass is 14.9. The van der Waals surface area contributed by atoms with Crippen LogP contribution in [0.3, 0.4) is 0 Å². The first-order chi connectivity index (χ1) is 5.75. The topological polar surface area (TPSA) is 12.0 Å². The Morgan fingerprint density at radius 3 is 2.58 bits per heavy atom. The SMILES string of the molecule is CC(CC1CC1)NCC1CC1C. The lowest BCUT2D eigenvalue weighted by molar-refractivity contribution is 0.470. The lowest BCUT2D eigenvalue weighted by Gasteiger charge is -2.12. The molecule has 0 aromatic heterocycles. The molecule has 2 rings (SSSR count). The molecule has 70 valence electrons. The molecule has 0 aromatic rings. The lowest BCUT2D eigenvalue weighted by atomic mass is 10.1. The molecule has 2 aliphatic rings. The van der Waals surface area contributed by atoms with Crippen LogP contribution in [0.5, 0.6) is 0 Å². The Bertz CT molecular complexity index is 151. The fourth-order valence-electron chi connectivity index (χ4n) is 1.97. The van der Waals surface area contributed by atoms with Gasteiger partial charge in [0.05, 0.1) is 0 Å². The van der Waals surface area contributed by atoms with Crippen LogP contribution in [0.2, 0.25) is 0 Å². The zero-order valence-electron chi connectivity index (χ0n) is 8.34. The molecule has 2 saturated carbocycles. The summed E-state index contributed by atoms with van der Waals surface area (Å²) >= 11 is 0. The molecule has 3 atom stereocenters. The van der Waals surface area contributed by atoms with Crippen molar-refractivity contribution in [2.24, 2.45) is 17.8 Å². The summed E-state index contributed by atoms with van der Waals surface area (Å²) in [5.41, 5.74) is 0. The van der Waals surface area contributed by atoms with Crippen molar-refractivity contribution < 1.29 is 0 Å². The molecular weight excluding hydrogens is 146 g/mol. The van der Waals surface area contributed by atoms with Crippen LogP contribution in [0.1, 0.15) is 39.5 Å². The summed E-state index contributed by atoms with van der Waals surface area (Å²) in [5, 5.41) is 3.65. The van der Waals surface area contributed by atoms with E-state index in [0.29, 0.717) is 0 Å². The van der Waals surface area contributed by atoms with E-state index in [0.717, 1.165) is 23.8 Å². The minimum atomic E-state index is 0.769. The van der Waals surface area contributed by atoms with E-state index < -0.39 is 0 Å². The van der Waals surface area contributed by atoms with Gasteiger partial charge in [-0.2, -0.15) is 0 Å². The van der Waals surface area contributed by atoms with Crippen LogP contribution in [-0.2, 0) is 0 Å². The van der Waals surface area contributed by atoms with Crippen molar-refractivity contribution in [2.75, 3.05) is 6.54 Å². The van der Waals surface area contributed by atoms with Gasteiger partial charge in [0.25, 0.3) is 0 Å². The maximum absolute atomic E-state index is 3.65. The fraction of sp³-hybridized carbons (Fsp3) is 1.00. The third kappa shape index (κ3) is 2.48. The number of nitrogens with one attached hydrogen (secondary N) is 1. The largest absolute Gasteiger partial charge is 0.314 e. The Labute approximate surface area is 75.9 Å². The summed E-state index contributed by atoms with van der Waals surface area (Å²) in [4.78, 5) is 0. The quantitative estimate of drug-likeness (QED) is 0.663. The molecule has 0 heterocycles. The van der Waals surface area contributed by atoms with Crippen molar-refractivity contribution in [2.45, 2.75) is 45.6 Å². The van der Waals surface area contributed by atoms with Crippen molar-refractivity contribution in [1.29, 1.82) is 0 Å². The molecule has 1 nitrogen and oxygen atoms in total. The van der Waals surface area contributed by atoms with E-state index >= 15 is 0 Å². The third-order valence-electron chi connectivity index (χ3n) is 3.39. The molecule has 1 heteroatoms. The lowest BCUT2D eigenvalue weighted by Crippen LogP contribution is -2.28. The Balaban J connectivity index is 1.53. The molecule has 12 heavy (non-hydrogen) atoms. The summed E-state index contributed by atoms with van der Waals surface area (Å²) in [7, 11) is 0. The molecule has 3 unspecified atom stereocenters. The average molecular weight is 167 g/mol. The Kier molecular flexibility index (Phi) is 2.40. The van der Waals surface area contributed by atoms with Gasteiger partial charge in [-0.3, -0.25) is 0 Å². The number of rotatable bonds is 5. The molecule has 0 spiro atoms. The first kappa shape index (κ1) is 8.55. The second kappa shape index (κ2) is 3.37. The first-order valence-electron chi connectivity index (χ1n) is 5.49. The van der Waals surface area contributed by atoms with Crippen molar-refractivity contribution in [1.82, 2.24) is 5.32 Å². The predicted octanol–water partition coefficient (Wildman–Crippen LogP) is 2.42. The monoisotopic (exact) mass is 167 g/mol. The van der Waals surface area contributed by atoms with Gasteiger partial charge in [0, 0.05) is 6.04 Å². The van der Waals surface area contributed by atoms with Crippen LogP contribution in [0.25, 0.3) is 0 Å². The third-order valence-corrected chi connectivity index (χ3v) is 3.39. The van der Waals surface area contributed by atoms with E-state index in [2.05, 4.69) is 19.2 Å². The van der Waals surface area contributed by atoms with Crippen LogP contribution in [0, 0.1) is 17.8 Å². The molecule has 2 fully saturated rings. The zero-order valence-corrected chi connectivity index (χ0v) is 8.34. The second-order valence-electron chi connectivity index (χ2n) is 4.96. The van der Waals surface area contributed by atoms with E-state index in [9.17, 15) is 0 Å². The van der Waals surface area contributed by atoms with E-state index in [4.69, 9.17) is 0 Å². The van der Waals surface area contributed by atoms with Gasteiger partial charge in [-0.1, -0.05) is 19.8 Å². The van der Waals surface area contributed by atoms with E-state index in [1.807, 2.05) is 0 Å². The molecule has 0 radical (unpaired) electrons. The van der Waals surface area contributed by atoms with Gasteiger partial charge in [0.1, 0.15) is 0 Å². The van der Waals surface area contributed by atoms with Gasteiger partial charge in [-0.25, -0.2) is 0 Å². The Morgan fingerprint density at radius 2 is 2.08 bits per heavy atom. The second-order valence-corrected chi connectivity index (χ2v) is 4.96. The molecule has 0 aliphatic heterocycles. The molecule has 0 amide bonds. The highest BCUT2D eigenvalue weighted by molar-refractivity contribution is 4.85. The molecular formula is C11H21N. The van der Waals surface area contributed by atoms with Gasteiger partial charge in [0.2, 0.25) is 0 Å². The highest BCUT2D eigenvalue weighted by Gasteiger charge is 2.32. The van der Waals surface area contributed by atoms with Gasteiger partial charge in [0.15, 0.2) is 0 Å². The maximum Gasteiger partial charge on any atom is 0.00414 e. The highest BCUT2D eigenvalue weighted by Crippen LogP contribution is 2.37. The van der Waals surface area contributed by atoms with E-state index in [1.165, 1.54) is 32.2 Å². The van der Waals surface area contributed by atoms with Gasteiger partial charge >= 0.3 is 0 Å². The molecule has 0 saturated heterocycles. The number of hydrogen-bond acceptors (Lipinski definition) is 1. The minimum absolute atomic E-state index is 0.769. The van der Waals surface area contributed by atoms with Crippen LogP contribution >= 0.6 is 0 Å². The maximum atomic E-state index is 3.65. The summed E-state index contributed by atoms with van der Waals surface area (Å²) in [6.45, 7) is 5.97. The summed E-state index contributed by atoms with van der Waals surface area (Å²) < 4.78 is 0. The zero-order chi connectivity index (χ0) is 8.55. The molecule has 2 aliphatic carbocycles. The Morgan fingerprint density at radius 1 is 1.42 bits per heavy atom. The fourth-order valence-corrected chi connectivity index (χ4v) is 1.97. The molecule has 0 aromatic carbocycles. The summed E-state index contributed by atoms with van der Waals surface area (Å²) in [6, 6.07) is 0.769. The summed E-state index contributed by atoms with van der Waals surface area (Å²) in [5.74, 6) is 3.08. The van der Waals surface area contributed by atoms with Crippen LogP contribution in [0.4, 0.5) is 0 Å². The van der Waals surface area contributed by atoms with Gasteiger partial charge in [-0.05, 0) is 44.1 Å². The van der Waals surface area contributed by atoms with Crippen LogP contribution < -0.4 is 5.32 Å². The van der Waals surface area contributed by atoms with Crippen LogP contribution in [-0.4, -0.2) is 12.6 Å². The van der Waals surface area contributed by atoms with Gasteiger partial charge < -0.3 is 5.32 Å². The smallest absolute Gasteiger partial charge is 0.00414 e. The average Bonchev–Trinajstić information content (AvgIpc) is 2.86. The molecule has 0 bridgehead atoms. The normalized spacial score (nSPS) is 36.5. The predicted molar refractivity (Wildman–Crippen MR) is 52.1 cm³/mol. The van der Waals surface area contributed by atoms with E-state index in [-0.39, 0.29) is 0 Å². The van der Waals surface area contributed by atoms with Crippen molar-refractivity contribution in [3.8, 4) is 0 Å². The van der Waals surface area contributed by atoms with E-state index in [1.54, 1.807) is 0 Å². The Hall–Kier alpha value is -0.0400. The summed E-state index contributed by atoms with van der Waals surface area (Å²) in [6.07, 6.45) is 5.86. The molecule has 1 N–H and O–H groups in total. The van der Waals surface area contributed by atoms with Crippen molar-refractivity contribution in [3.63, 3.8) is 0 Å². The van der Waals surface area contributed by atoms with Crippen molar-refractivity contribution in [3.05, 3.63) is 0 Å². The van der Waals surface area contributed by atoms with Crippen molar-refractivity contribution >= 4 is 0 Å². The number of hydrogen-bond donors (Lipinski definition) is 1. The standard InChI is InChI=1S/C11H21N/c1-8-5-11(8)7-12-9(2)6-10-3-4-10/h8-12H,3-7H2,1-2H3. The van der Waals surface area contributed by atoms with Crippen LogP contribution in [0.15, 0.2) is 0 Å². The minimum Gasteiger partial charge on any atom is -0.314 e. The first-order valence-corrected chi connectivity index (χ1v) is 5.49.